The average Bonchev–Trinajstić information content (AvgIpc) is 2.76. The van der Waals surface area contributed by atoms with Gasteiger partial charge >= 0.3 is 6.18 Å². The Labute approximate surface area is 177 Å². The predicted molar refractivity (Wildman–Crippen MR) is 108 cm³/mol. The SMILES string of the molecule is CSc1ncccc1C(=O)N1CCC(CNC(=O)c2ccccc2C(F)(F)F)CC1. The van der Waals surface area contributed by atoms with Crippen molar-refractivity contribution in [2.24, 2.45) is 5.92 Å². The fourth-order valence-electron chi connectivity index (χ4n) is 3.49. The van der Waals surface area contributed by atoms with Crippen LogP contribution in [0.3, 0.4) is 0 Å². The average molecular weight is 437 g/mol. The summed E-state index contributed by atoms with van der Waals surface area (Å²) in [5, 5.41) is 3.30. The van der Waals surface area contributed by atoms with Gasteiger partial charge in [-0.2, -0.15) is 13.2 Å². The van der Waals surface area contributed by atoms with E-state index in [0.29, 0.717) is 36.5 Å². The second kappa shape index (κ2) is 9.51. The quantitative estimate of drug-likeness (QED) is 0.716. The van der Waals surface area contributed by atoms with Crippen molar-refractivity contribution in [2.45, 2.75) is 24.0 Å². The number of halogens is 3. The first kappa shape index (κ1) is 22.1. The molecule has 1 aliphatic heterocycles. The zero-order valence-corrected chi connectivity index (χ0v) is 17.2. The minimum absolute atomic E-state index is 0.0750. The summed E-state index contributed by atoms with van der Waals surface area (Å²) in [5.74, 6) is -0.708. The lowest BCUT2D eigenvalue weighted by molar-refractivity contribution is -0.137. The molecule has 1 aliphatic rings. The lowest BCUT2D eigenvalue weighted by atomic mass is 9.96. The molecule has 3 rings (SSSR count). The number of nitrogens with zero attached hydrogens (tertiary/aromatic N) is 2. The number of pyridine rings is 1. The largest absolute Gasteiger partial charge is 0.417 e. The van der Waals surface area contributed by atoms with Crippen LogP contribution in [0.4, 0.5) is 13.2 Å². The van der Waals surface area contributed by atoms with Crippen LogP contribution in [0.25, 0.3) is 0 Å². The molecule has 160 valence electrons. The van der Waals surface area contributed by atoms with Crippen LogP contribution >= 0.6 is 11.8 Å². The van der Waals surface area contributed by atoms with E-state index in [1.165, 1.54) is 30.0 Å². The van der Waals surface area contributed by atoms with Gasteiger partial charge in [-0.25, -0.2) is 4.98 Å². The van der Waals surface area contributed by atoms with Crippen LogP contribution < -0.4 is 5.32 Å². The number of aromatic nitrogens is 1. The molecule has 0 radical (unpaired) electrons. The number of thioether (sulfide) groups is 1. The van der Waals surface area contributed by atoms with Gasteiger partial charge in [-0.05, 0) is 49.3 Å². The first-order valence-corrected chi connectivity index (χ1v) is 10.8. The summed E-state index contributed by atoms with van der Waals surface area (Å²) in [6.07, 6.45) is 0.268. The van der Waals surface area contributed by atoms with E-state index in [9.17, 15) is 22.8 Å². The first-order valence-electron chi connectivity index (χ1n) is 9.54. The lowest BCUT2D eigenvalue weighted by Crippen LogP contribution is -2.42. The number of carbonyl (C=O) groups excluding carboxylic acids is 2. The second-order valence-corrected chi connectivity index (χ2v) is 7.84. The Bertz CT molecular complexity index is 912. The molecular formula is C21H22F3N3O2S. The molecule has 1 N–H and O–H groups in total. The Morgan fingerprint density at radius 3 is 2.47 bits per heavy atom. The molecule has 0 bridgehead atoms. The Morgan fingerprint density at radius 1 is 1.13 bits per heavy atom. The molecule has 1 saturated heterocycles. The summed E-state index contributed by atoms with van der Waals surface area (Å²) >= 11 is 1.41. The maximum atomic E-state index is 13.1. The zero-order valence-electron chi connectivity index (χ0n) is 16.4. The molecule has 0 atom stereocenters. The number of carbonyl (C=O) groups is 2. The molecule has 2 aromatic rings. The molecule has 1 fully saturated rings. The van der Waals surface area contributed by atoms with Gasteiger partial charge in [0.25, 0.3) is 11.8 Å². The highest BCUT2D eigenvalue weighted by Crippen LogP contribution is 2.32. The summed E-state index contributed by atoms with van der Waals surface area (Å²) in [7, 11) is 0. The Morgan fingerprint density at radius 2 is 1.80 bits per heavy atom. The van der Waals surface area contributed by atoms with Gasteiger partial charge in [-0.3, -0.25) is 9.59 Å². The molecule has 0 spiro atoms. The van der Waals surface area contributed by atoms with E-state index in [1.54, 1.807) is 23.2 Å². The molecule has 1 aromatic carbocycles. The number of hydrogen-bond donors (Lipinski definition) is 1. The summed E-state index contributed by atoms with van der Waals surface area (Å²) < 4.78 is 39.3. The number of likely N-dealkylation sites (tertiary alicyclic amines) is 1. The maximum absolute atomic E-state index is 13.1. The van der Waals surface area contributed by atoms with Crippen molar-refractivity contribution in [3.63, 3.8) is 0 Å². The molecule has 2 amide bonds. The van der Waals surface area contributed by atoms with Gasteiger partial charge in [-0.1, -0.05) is 12.1 Å². The van der Waals surface area contributed by atoms with Gasteiger partial charge in [0.1, 0.15) is 5.03 Å². The number of rotatable bonds is 5. The van der Waals surface area contributed by atoms with E-state index in [2.05, 4.69) is 10.3 Å². The van der Waals surface area contributed by atoms with Gasteiger partial charge < -0.3 is 10.2 Å². The smallest absolute Gasteiger partial charge is 0.352 e. The fraction of sp³-hybridized carbons (Fsp3) is 0.381. The predicted octanol–water partition coefficient (Wildman–Crippen LogP) is 4.10. The molecule has 1 aromatic heterocycles. The fourth-order valence-corrected chi connectivity index (χ4v) is 4.03. The Balaban J connectivity index is 1.55. The van der Waals surface area contributed by atoms with Gasteiger partial charge in [0, 0.05) is 25.8 Å². The number of nitrogens with one attached hydrogen (secondary N) is 1. The van der Waals surface area contributed by atoms with Crippen LogP contribution in [0.1, 0.15) is 39.1 Å². The highest BCUT2D eigenvalue weighted by molar-refractivity contribution is 7.98. The number of alkyl halides is 3. The molecule has 30 heavy (non-hydrogen) atoms. The second-order valence-electron chi connectivity index (χ2n) is 7.05. The van der Waals surface area contributed by atoms with Crippen molar-refractivity contribution < 1.29 is 22.8 Å². The number of hydrogen-bond acceptors (Lipinski definition) is 4. The number of amides is 2. The van der Waals surface area contributed by atoms with E-state index in [-0.39, 0.29) is 23.9 Å². The summed E-state index contributed by atoms with van der Waals surface area (Å²) in [6, 6.07) is 8.24. The summed E-state index contributed by atoms with van der Waals surface area (Å²) in [4.78, 5) is 31.0. The summed E-state index contributed by atoms with van der Waals surface area (Å²) in [5.41, 5.74) is -0.747. The highest BCUT2D eigenvalue weighted by atomic mass is 32.2. The van der Waals surface area contributed by atoms with E-state index in [4.69, 9.17) is 0 Å². The van der Waals surface area contributed by atoms with Crippen LogP contribution in [0.15, 0.2) is 47.6 Å². The minimum Gasteiger partial charge on any atom is -0.352 e. The van der Waals surface area contributed by atoms with Gasteiger partial charge in [0.05, 0.1) is 16.7 Å². The van der Waals surface area contributed by atoms with Crippen LogP contribution in [0.5, 0.6) is 0 Å². The molecule has 0 aliphatic carbocycles. The first-order chi connectivity index (χ1) is 14.3. The van der Waals surface area contributed by atoms with E-state index in [0.717, 1.165) is 6.07 Å². The lowest BCUT2D eigenvalue weighted by Gasteiger charge is -2.32. The van der Waals surface area contributed by atoms with E-state index < -0.39 is 17.6 Å². The van der Waals surface area contributed by atoms with Crippen molar-refractivity contribution >= 4 is 23.6 Å². The van der Waals surface area contributed by atoms with E-state index in [1.807, 2.05) is 6.26 Å². The molecule has 0 saturated carbocycles. The van der Waals surface area contributed by atoms with Crippen molar-refractivity contribution in [3.8, 4) is 0 Å². The summed E-state index contributed by atoms with van der Waals surface area (Å²) in [6.45, 7) is 1.33. The zero-order chi connectivity index (χ0) is 21.7. The normalized spacial score (nSPS) is 15.1. The molecule has 0 unspecified atom stereocenters. The van der Waals surface area contributed by atoms with Gasteiger partial charge in [-0.15, -0.1) is 11.8 Å². The van der Waals surface area contributed by atoms with Crippen LogP contribution in [0, 0.1) is 5.92 Å². The van der Waals surface area contributed by atoms with Crippen molar-refractivity contribution in [1.29, 1.82) is 0 Å². The third kappa shape index (κ3) is 5.13. The minimum atomic E-state index is -4.58. The van der Waals surface area contributed by atoms with Crippen LogP contribution in [0.2, 0.25) is 0 Å². The van der Waals surface area contributed by atoms with Crippen molar-refractivity contribution in [3.05, 3.63) is 59.3 Å². The van der Waals surface area contributed by atoms with E-state index >= 15 is 0 Å². The highest BCUT2D eigenvalue weighted by Gasteiger charge is 2.35. The third-order valence-corrected chi connectivity index (χ3v) is 5.84. The third-order valence-electron chi connectivity index (χ3n) is 5.13. The van der Waals surface area contributed by atoms with Crippen LogP contribution in [-0.4, -0.2) is 47.6 Å². The van der Waals surface area contributed by atoms with Gasteiger partial charge in [0.15, 0.2) is 0 Å². The van der Waals surface area contributed by atoms with Crippen molar-refractivity contribution in [1.82, 2.24) is 15.2 Å². The molecule has 5 nitrogen and oxygen atoms in total. The Kier molecular flexibility index (Phi) is 7.02. The number of benzene rings is 1. The van der Waals surface area contributed by atoms with Crippen LogP contribution in [-0.2, 0) is 6.18 Å². The number of piperidine rings is 1. The topological polar surface area (TPSA) is 62.3 Å². The van der Waals surface area contributed by atoms with Crippen molar-refractivity contribution in [2.75, 3.05) is 25.9 Å². The molecule has 2 heterocycles. The monoisotopic (exact) mass is 437 g/mol. The maximum Gasteiger partial charge on any atom is 0.417 e. The molecule has 9 heteroatoms. The molecular weight excluding hydrogens is 415 g/mol. The standard InChI is InChI=1S/C21H22F3N3O2S/c1-30-19-16(6-4-10-25-19)20(29)27-11-8-14(9-12-27)13-26-18(28)15-5-2-3-7-17(15)21(22,23)24/h2-7,10,14H,8-9,11-13H2,1H3,(H,26,28). The van der Waals surface area contributed by atoms with Gasteiger partial charge in [0.2, 0.25) is 0 Å². The Hall–Kier alpha value is -2.55.